The van der Waals surface area contributed by atoms with E-state index in [1.54, 1.807) is 11.8 Å². The van der Waals surface area contributed by atoms with Crippen molar-refractivity contribution in [1.82, 2.24) is 9.55 Å². The van der Waals surface area contributed by atoms with E-state index in [2.05, 4.69) is 4.98 Å². The standard InChI is InChI=1S/C12H14N2OS/c1-14-11-6-4-3-5-10(11)13-12(14)7-9(15)8-16-2/h3-6H,7-8H2,1-2H3. The number of para-hydroxylation sites is 2. The predicted octanol–water partition coefficient (Wildman–Crippen LogP) is 2.05. The van der Waals surface area contributed by atoms with Gasteiger partial charge in [-0.1, -0.05) is 12.1 Å². The predicted molar refractivity (Wildman–Crippen MR) is 67.8 cm³/mol. The monoisotopic (exact) mass is 234 g/mol. The summed E-state index contributed by atoms with van der Waals surface area (Å²) >= 11 is 1.56. The first kappa shape index (κ1) is 11.2. The lowest BCUT2D eigenvalue weighted by Gasteiger charge is -2.00. The maximum absolute atomic E-state index is 11.6. The van der Waals surface area contributed by atoms with Gasteiger partial charge in [0.2, 0.25) is 0 Å². The Balaban J connectivity index is 2.31. The molecule has 0 bridgehead atoms. The van der Waals surface area contributed by atoms with E-state index >= 15 is 0 Å². The van der Waals surface area contributed by atoms with Gasteiger partial charge in [0, 0.05) is 7.05 Å². The molecule has 2 rings (SSSR count). The maximum Gasteiger partial charge on any atom is 0.150 e. The highest BCUT2D eigenvalue weighted by molar-refractivity contribution is 7.99. The molecule has 0 aliphatic heterocycles. The number of rotatable bonds is 4. The smallest absolute Gasteiger partial charge is 0.150 e. The largest absolute Gasteiger partial charge is 0.331 e. The quantitative estimate of drug-likeness (QED) is 0.812. The second-order valence-electron chi connectivity index (χ2n) is 3.72. The zero-order valence-electron chi connectivity index (χ0n) is 9.43. The fourth-order valence-electron chi connectivity index (χ4n) is 1.74. The van der Waals surface area contributed by atoms with E-state index in [0.29, 0.717) is 12.2 Å². The van der Waals surface area contributed by atoms with Crippen LogP contribution < -0.4 is 0 Å². The highest BCUT2D eigenvalue weighted by Crippen LogP contribution is 2.14. The lowest BCUT2D eigenvalue weighted by Crippen LogP contribution is -2.09. The fourth-order valence-corrected chi connectivity index (χ4v) is 2.17. The number of thioether (sulfide) groups is 1. The number of aryl methyl sites for hydroxylation is 1. The molecule has 1 aromatic heterocycles. The summed E-state index contributed by atoms with van der Waals surface area (Å²) in [5, 5.41) is 0. The summed E-state index contributed by atoms with van der Waals surface area (Å²) < 4.78 is 1.99. The van der Waals surface area contributed by atoms with Gasteiger partial charge in [0.25, 0.3) is 0 Å². The summed E-state index contributed by atoms with van der Waals surface area (Å²) in [6, 6.07) is 7.93. The van der Waals surface area contributed by atoms with Crippen LogP contribution in [0.1, 0.15) is 5.82 Å². The molecular weight excluding hydrogens is 220 g/mol. The Hall–Kier alpha value is -1.29. The summed E-state index contributed by atoms with van der Waals surface area (Å²) in [6.45, 7) is 0. The molecule has 0 aliphatic carbocycles. The molecule has 0 N–H and O–H groups in total. The van der Waals surface area contributed by atoms with Gasteiger partial charge in [-0.25, -0.2) is 4.98 Å². The number of nitrogens with zero attached hydrogens (tertiary/aromatic N) is 2. The van der Waals surface area contributed by atoms with Gasteiger partial charge in [0.1, 0.15) is 11.6 Å². The second kappa shape index (κ2) is 4.70. The van der Waals surface area contributed by atoms with Crippen molar-refractivity contribution in [1.29, 1.82) is 0 Å². The van der Waals surface area contributed by atoms with Crippen LogP contribution in [0, 0.1) is 0 Å². The van der Waals surface area contributed by atoms with Gasteiger partial charge < -0.3 is 4.57 Å². The van der Waals surface area contributed by atoms with E-state index < -0.39 is 0 Å². The van der Waals surface area contributed by atoms with Crippen LogP contribution >= 0.6 is 11.8 Å². The molecule has 0 radical (unpaired) electrons. The first-order valence-electron chi connectivity index (χ1n) is 5.13. The summed E-state index contributed by atoms with van der Waals surface area (Å²) in [5.41, 5.74) is 2.03. The minimum atomic E-state index is 0.228. The van der Waals surface area contributed by atoms with Crippen LogP contribution in [0.4, 0.5) is 0 Å². The first-order chi connectivity index (χ1) is 7.72. The normalized spacial score (nSPS) is 10.9. The number of hydrogen-bond donors (Lipinski definition) is 0. The number of carbonyl (C=O) groups excluding carboxylic acids is 1. The van der Waals surface area contributed by atoms with E-state index in [9.17, 15) is 4.79 Å². The molecule has 0 atom stereocenters. The third-order valence-electron chi connectivity index (χ3n) is 2.54. The maximum atomic E-state index is 11.6. The van der Waals surface area contributed by atoms with Crippen molar-refractivity contribution in [3.8, 4) is 0 Å². The minimum absolute atomic E-state index is 0.228. The molecule has 0 fully saturated rings. The Bertz CT molecular complexity index is 519. The minimum Gasteiger partial charge on any atom is -0.331 e. The van der Waals surface area contributed by atoms with Crippen molar-refractivity contribution in [2.45, 2.75) is 6.42 Å². The van der Waals surface area contributed by atoms with E-state index in [1.165, 1.54) is 0 Å². The number of fused-ring (bicyclic) bond motifs is 1. The number of hydrogen-bond acceptors (Lipinski definition) is 3. The van der Waals surface area contributed by atoms with Crippen LogP contribution in [0.5, 0.6) is 0 Å². The summed E-state index contributed by atoms with van der Waals surface area (Å²) in [6.07, 6.45) is 2.36. The Morgan fingerprint density at radius 1 is 1.44 bits per heavy atom. The molecular formula is C12H14N2OS. The Kier molecular flexibility index (Phi) is 3.29. The number of Topliss-reactive ketones (excluding diaryl/α,β-unsaturated/α-hetero) is 1. The summed E-state index contributed by atoms with van der Waals surface area (Å²) in [4.78, 5) is 16.0. The van der Waals surface area contributed by atoms with Gasteiger partial charge in [-0.3, -0.25) is 4.79 Å². The lowest BCUT2D eigenvalue weighted by atomic mass is 10.3. The van der Waals surface area contributed by atoms with Gasteiger partial charge in [-0.05, 0) is 18.4 Å². The molecule has 4 heteroatoms. The van der Waals surface area contributed by atoms with Gasteiger partial charge in [-0.2, -0.15) is 11.8 Å². The number of carbonyl (C=O) groups is 1. The molecule has 1 heterocycles. The number of imidazole rings is 1. The molecule has 3 nitrogen and oxygen atoms in total. The average molecular weight is 234 g/mol. The van der Waals surface area contributed by atoms with Crippen LogP contribution in [0.15, 0.2) is 24.3 Å². The molecule has 2 aromatic rings. The van der Waals surface area contributed by atoms with Gasteiger partial charge in [0.15, 0.2) is 0 Å². The Morgan fingerprint density at radius 2 is 2.19 bits per heavy atom. The van der Waals surface area contributed by atoms with Crippen molar-refractivity contribution >= 4 is 28.6 Å². The first-order valence-corrected chi connectivity index (χ1v) is 6.52. The molecule has 16 heavy (non-hydrogen) atoms. The second-order valence-corrected chi connectivity index (χ2v) is 4.59. The highest BCUT2D eigenvalue weighted by atomic mass is 32.2. The third kappa shape index (κ3) is 2.11. The van der Waals surface area contributed by atoms with Crippen LogP contribution in [0.2, 0.25) is 0 Å². The Morgan fingerprint density at radius 3 is 2.88 bits per heavy atom. The van der Waals surface area contributed by atoms with Gasteiger partial charge in [0.05, 0.1) is 23.2 Å². The van der Waals surface area contributed by atoms with Gasteiger partial charge in [-0.15, -0.1) is 0 Å². The van der Waals surface area contributed by atoms with Crippen LogP contribution in [0.25, 0.3) is 11.0 Å². The van der Waals surface area contributed by atoms with Crippen molar-refractivity contribution in [2.75, 3.05) is 12.0 Å². The SMILES string of the molecule is CSCC(=O)Cc1nc2ccccc2n1C. The van der Waals surface area contributed by atoms with Crippen molar-refractivity contribution < 1.29 is 4.79 Å². The molecule has 0 aliphatic rings. The summed E-state index contributed by atoms with van der Waals surface area (Å²) in [7, 11) is 1.96. The molecule has 0 saturated carbocycles. The Labute approximate surface area is 98.9 Å². The molecule has 84 valence electrons. The molecule has 1 aromatic carbocycles. The topological polar surface area (TPSA) is 34.9 Å². The zero-order valence-corrected chi connectivity index (χ0v) is 10.3. The third-order valence-corrected chi connectivity index (χ3v) is 3.15. The molecule has 0 unspecified atom stereocenters. The van der Waals surface area contributed by atoms with Crippen LogP contribution in [-0.2, 0) is 18.3 Å². The van der Waals surface area contributed by atoms with E-state index in [0.717, 1.165) is 16.9 Å². The van der Waals surface area contributed by atoms with Crippen molar-refractivity contribution in [3.05, 3.63) is 30.1 Å². The van der Waals surface area contributed by atoms with Crippen LogP contribution in [-0.4, -0.2) is 27.3 Å². The number of ketones is 1. The molecule has 0 saturated heterocycles. The molecule has 0 amide bonds. The highest BCUT2D eigenvalue weighted by Gasteiger charge is 2.10. The van der Waals surface area contributed by atoms with E-state index in [1.807, 2.05) is 42.1 Å². The van der Waals surface area contributed by atoms with Crippen molar-refractivity contribution in [3.63, 3.8) is 0 Å². The van der Waals surface area contributed by atoms with E-state index in [-0.39, 0.29) is 5.78 Å². The molecule has 0 spiro atoms. The average Bonchev–Trinajstić information content (AvgIpc) is 2.57. The van der Waals surface area contributed by atoms with Gasteiger partial charge >= 0.3 is 0 Å². The zero-order chi connectivity index (χ0) is 11.5. The van der Waals surface area contributed by atoms with Crippen LogP contribution in [0.3, 0.4) is 0 Å². The summed E-state index contributed by atoms with van der Waals surface area (Å²) in [5.74, 6) is 1.63. The number of aromatic nitrogens is 2. The van der Waals surface area contributed by atoms with Crippen molar-refractivity contribution in [2.24, 2.45) is 7.05 Å². The lowest BCUT2D eigenvalue weighted by molar-refractivity contribution is -0.116. The number of benzene rings is 1. The van der Waals surface area contributed by atoms with E-state index in [4.69, 9.17) is 0 Å². The fraction of sp³-hybridized carbons (Fsp3) is 0.333.